The zero-order valence-electron chi connectivity index (χ0n) is 8.70. The molecule has 1 rings (SSSR count). The third-order valence-electron chi connectivity index (χ3n) is 2.66. The predicted octanol–water partition coefficient (Wildman–Crippen LogP) is 1.92. The summed E-state index contributed by atoms with van der Waals surface area (Å²) in [6.07, 6.45) is 5.73. The molecule has 1 aliphatic carbocycles. The monoisotopic (exact) mass is 198 g/mol. The van der Waals surface area contributed by atoms with E-state index in [0.29, 0.717) is 12.7 Å². The van der Waals surface area contributed by atoms with Crippen LogP contribution >= 0.6 is 0 Å². The fraction of sp³-hybridized carbons (Fsp3) is 0.727. The summed E-state index contributed by atoms with van der Waals surface area (Å²) >= 11 is 0. The number of rotatable bonds is 4. The van der Waals surface area contributed by atoms with E-state index in [1.54, 1.807) is 6.08 Å². The molecule has 0 radical (unpaired) electrons. The molecule has 0 bridgehead atoms. The number of methoxy groups -OCH3 is 1. The van der Waals surface area contributed by atoms with E-state index in [2.05, 4.69) is 6.58 Å². The topological polar surface area (TPSA) is 35.5 Å². The van der Waals surface area contributed by atoms with E-state index in [0.717, 1.165) is 25.7 Å². The molecule has 80 valence electrons. The average Bonchev–Trinajstić information content (AvgIpc) is 2.26. The molecule has 0 aliphatic heterocycles. The van der Waals surface area contributed by atoms with Crippen LogP contribution in [0.5, 0.6) is 0 Å². The number of ether oxygens (including phenoxy) is 2. The third-order valence-corrected chi connectivity index (χ3v) is 2.66. The van der Waals surface area contributed by atoms with Crippen LogP contribution in [0.1, 0.15) is 25.7 Å². The second-order valence-corrected chi connectivity index (χ2v) is 3.62. The summed E-state index contributed by atoms with van der Waals surface area (Å²) < 4.78 is 10.2. The molecule has 3 nitrogen and oxygen atoms in total. The zero-order valence-corrected chi connectivity index (χ0v) is 8.70. The van der Waals surface area contributed by atoms with Crippen LogP contribution in [-0.2, 0) is 14.3 Å². The molecule has 0 aromatic rings. The van der Waals surface area contributed by atoms with E-state index < -0.39 is 0 Å². The minimum Gasteiger partial charge on any atom is -0.469 e. The largest absolute Gasteiger partial charge is 0.469 e. The molecule has 1 fully saturated rings. The molecule has 1 aliphatic rings. The van der Waals surface area contributed by atoms with Crippen LogP contribution in [0.4, 0.5) is 0 Å². The van der Waals surface area contributed by atoms with Gasteiger partial charge in [-0.1, -0.05) is 6.08 Å². The highest BCUT2D eigenvalue weighted by Gasteiger charge is 2.26. The highest BCUT2D eigenvalue weighted by atomic mass is 16.5. The van der Waals surface area contributed by atoms with Crippen molar-refractivity contribution in [3.05, 3.63) is 12.7 Å². The SMILES string of the molecule is C=CCOC1CCC(C(=O)OC)CC1. The summed E-state index contributed by atoms with van der Waals surface area (Å²) in [4.78, 5) is 11.2. The lowest BCUT2D eigenvalue weighted by Crippen LogP contribution is -2.26. The van der Waals surface area contributed by atoms with Crippen molar-refractivity contribution in [2.24, 2.45) is 5.92 Å². The molecule has 0 saturated heterocycles. The lowest BCUT2D eigenvalue weighted by Gasteiger charge is -2.26. The van der Waals surface area contributed by atoms with E-state index in [9.17, 15) is 4.79 Å². The average molecular weight is 198 g/mol. The first-order valence-corrected chi connectivity index (χ1v) is 5.08. The van der Waals surface area contributed by atoms with Crippen LogP contribution in [0.2, 0.25) is 0 Å². The summed E-state index contributed by atoms with van der Waals surface area (Å²) in [7, 11) is 1.45. The van der Waals surface area contributed by atoms with Gasteiger partial charge < -0.3 is 9.47 Å². The maximum Gasteiger partial charge on any atom is 0.308 e. The summed E-state index contributed by atoms with van der Waals surface area (Å²) in [5.41, 5.74) is 0. The van der Waals surface area contributed by atoms with Crippen LogP contribution < -0.4 is 0 Å². The molecule has 0 unspecified atom stereocenters. The maximum atomic E-state index is 11.2. The van der Waals surface area contributed by atoms with Crippen molar-refractivity contribution >= 4 is 5.97 Å². The van der Waals surface area contributed by atoms with Gasteiger partial charge in [-0.2, -0.15) is 0 Å². The van der Waals surface area contributed by atoms with Crippen molar-refractivity contribution in [3.8, 4) is 0 Å². The fourth-order valence-electron chi connectivity index (χ4n) is 1.84. The van der Waals surface area contributed by atoms with Crippen molar-refractivity contribution in [3.63, 3.8) is 0 Å². The highest BCUT2D eigenvalue weighted by Crippen LogP contribution is 2.26. The molecule has 0 heterocycles. The molecule has 0 aromatic heterocycles. The van der Waals surface area contributed by atoms with Crippen molar-refractivity contribution in [1.29, 1.82) is 0 Å². The Balaban J connectivity index is 2.24. The van der Waals surface area contributed by atoms with Crippen molar-refractivity contribution in [2.75, 3.05) is 13.7 Å². The van der Waals surface area contributed by atoms with Crippen LogP contribution in [0.25, 0.3) is 0 Å². The Bertz CT molecular complexity index is 193. The molecule has 0 spiro atoms. The summed E-state index contributed by atoms with van der Waals surface area (Å²) in [6.45, 7) is 4.21. The van der Waals surface area contributed by atoms with Crippen LogP contribution in [0, 0.1) is 5.92 Å². The Labute approximate surface area is 85.1 Å². The van der Waals surface area contributed by atoms with Gasteiger partial charge in [0, 0.05) is 0 Å². The lowest BCUT2D eigenvalue weighted by atomic mass is 9.87. The first-order valence-electron chi connectivity index (χ1n) is 5.08. The van der Waals surface area contributed by atoms with Gasteiger partial charge in [0.1, 0.15) is 0 Å². The summed E-state index contributed by atoms with van der Waals surface area (Å²) in [6, 6.07) is 0. The number of esters is 1. The third kappa shape index (κ3) is 3.14. The Hall–Kier alpha value is -0.830. The molecule has 3 heteroatoms. The zero-order chi connectivity index (χ0) is 10.4. The molecule has 1 saturated carbocycles. The van der Waals surface area contributed by atoms with E-state index >= 15 is 0 Å². The normalized spacial score (nSPS) is 26.9. The summed E-state index contributed by atoms with van der Waals surface area (Å²) in [5.74, 6) is 0.00996. The van der Waals surface area contributed by atoms with Crippen molar-refractivity contribution in [2.45, 2.75) is 31.8 Å². The number of hydrogen-bond donors (Lipinski definition) is 0. The van der Waals surface area contributed by atoms with Gasteiger partial charge in [0.05, 0.1) is 25.7 Å². The number of carbonyl (C=O) groups is 1. The van der Waals surface area contributed by atoms with E-state index in [1.165, 1.54) is 7.11 Å². The first-order chi connectivity index (χ1) is 6.77. The van der Waals surface area contributed by atoms with Crippen LogP contribution in [-0.4, -0.2) is 25.8 Å². The van der Waals surface area contributed by atoms with Crippen LogP contribution in [0.15, 0.2) is 12.7 Å². The van der Waals surface area contributed by atoms with Gasteiger partial charge in [0.25, 0.3) is 0 Å². The molecular weight excluding hydrogens is 180 g/mol. The quantitative estimate of drug-likeness (QED) is 0.511. The Morgan fingerprint density at radius 2 is 2.07 bits per heavy atom. The predicted molar refractivity (Wildman–Crippen MR) is 53.9 cm³/mol. The van der Waals surface area contributed by atoms with Crippen LogP contribution in [0.3, 0.4) is 0 Å². The Kier molecular flexibility index (Phi) is 4.66. The first kappa shape index (κ1) is 11.2. The molecule has 0 aromatic carbocycles. The van der Waals surface area contributed by atoms with Crippen molar-refractivity contribution < 1.29 is 14.3 Å². The molecular formula is C11H18O3. The van der Waals surface area contributed by atoms with Gasteiger partial charge in [-0.15, -0.1) is 6.58 Å². The van der Waals surface area contributed by atoms with Gasteiger partial charge in [-0.25, -0.2) is 0 Å². The lowest BCUT2D eigenvalue weighted by molar-refractivity contribution is -0.147. The van der Waals surface area contributed by atoms with Gasteiger partial charge in [-0.05, 0) is 25.7 Å². The fourth-order valence-corrected chi connectivity index (χ4v) is 1.84. The van der Waals surface area contributed by atoms with Gasteiger partial charge in [-0.3, -0.25) is 4.79 Å². The van der Waals surface area contributed by atoms with E-state index in [1.807, 2.05) is 0 Å². The minimum atomic E-state index is -0.0767. The minimum absolute atomic E-state index is 0.0767. The number of carbonyl (C=O) groups excluding carboxylic acids is 1. The van der Waals surface area contributed by atoms with Gasteiger partial charge >= 0.3 is 5.97 Å². The van der Waals surface area contributed by atoms with Gasteiger partial charge in [0.15, 0.2) is 0 Å². The number of hydrogen-bond acceptors (Lipinski definition) is 3. The van der Waals surface area contributed by atoms with E-state index in [4.69, 9.17) is 9.47 Å². The molecule has 0 N–H and O–H groups in total. The molecule has 0 amide bonds. The molecule has 14 heavy (non-hydrogen) atoms. The standard InChI is InChI=1S/C11H18O3/c1-3-8-14-10-6-4-9(5-7-10)11(12)13-2/h3,9-10H,1,4-8H2,2H3. The maximum absolute atomic E-state index is 11.2. The highest BCUT2D eigenvalue weighted by molar-refractivity contribution is 5.72. The second kappa shape index (κ2) is 5.81. The molecule has 0 atom stereocenters. The smallest absolute Gasteiger partial charge is 0.308 e. The second-order valence-electron chi connectivity index (χ2n) is 3.62. The van der Waals surface area contributed by atoms with Gasteiger partial charge in [0.2, 0.25) is 0 Å². The Morgan fingerprint density at radius 1 is 1.43 bits per heavy atom. The Morgan fingerprint density at radius 3 is 2.57 bits per heavy atom. The van der Waals surface area contributed by atoms with Crippen molar-refractivity contribution in [1.82, 2.24) is 0 Å². The van der Waals surface area contributed by atoms with E-state index in [-0.39, 0.29) is 11.9 Å². The summed E-state index contributed by atoms with van der Waals surface area (Å²) in [5, 5.41) is 0.